The summed E-state index contributed by atoms with van der Waals surface area (Å²) >= 11 is 3.08. The van der Waals surface area contributed by atoms with Crippen LogP contribution in [0, 0.1) is 27.7 Å². The molecule has 0 fully saturated rings. The summed E-state index contributed by atoms with van der Waals surface area (Å²) < 4.78 is 0. The van der Waals surface area contributed by atoms with Gasteiger partial charge in [0.1, 0.15) is 0 Å². The van der Waals surface area contributed by atoms with Gasteiger partial charge in [0, 0.05) is 22.9 Å². The van der Waals surface area contributed by atoms with E-state index in [0.29, 0.717) is 24.6 Å². The van der Waals surface area contributed by atoms with Gasteiger partial charge in [-0.15, -0.1) is 23.5 Å². The van der Waals surface area contributed by atoms with Crippen LogP contribution in [-0.2, 0) is 9.59 Å². The number of aryl methyl sites for hydroxylation is 4. The van der Waals surface area contributed by atoms with E-state index >= 15 is 0 Å². The number of nitrogens with one attached hydrogen (secondary N) is 2. The molecule has 0 aliphatic heterocycles. The van der Waals surface area contributed by atoms with Crippen LogP contribution in [0.3, 0.4) is 0 Å². The second kappa shape index (κ2) is 11.2. The highest BCUT2D eigenvalue weighted by Gasteiger charge is 2.07. The molecular formula is C22H28N2O2S2. The molecule has 0 spiro atoms. The summed E-state index contributed by atoms with van der Waals surface area (Å²) in [7, 11) is 0. The molecule has 0 bridgehead atoms. The predicted octanol–water partition coefficient (Wildman–Crippen LogP) is 4.04. The molecule has 2 rings (SSSR count). The number of amides is 2. The fourth-order valence-corrected chi connectivity index (χ4v) is 4.43. The van der Waals surface area contributed by atoms with E-state index in [1.165, 1.54) is 45.8 Å². The third-order valence-electron chi connectivity index (χ3n) is 4.17. The number of hydrogen-bond acceptors (Lipinski definition) is 4. The highest BCUT2D eigenvalue weighted by molar-refractivity contribution is 8.00. The Balaban J connectivity index is 1.62. The van der Waals surface area contributed by atoms with Gasteiger partial charge < -0.3 is 10.6 Å². The van der Waals surface area contributed by atoms with Crippen LogP contribution in [-0.4, -0.2) is 36.4 Å². The second-order valence-corrected chi connectivity index (χ2v) is 8.85. The maximum absolute atomic E-state index is 12.0. The number of hydrogen-bond donors (Lipinski definition) is 2. The molecular weight excluding hydrogens is 388 g/mol. The molecule has 0 unspecified atom stereocenters. The standard InChI is InChI=1S/C22H28N2O2S2/c1-15-5-7-17(3)19(11-15)27-13-21(25)23-9-10-24-22(26)14-28-20-12-16(2)6-8-18(20)4/h5-8,11-12H,9-10,13-14H2,1-4H3,(H,23,25)(H,24,26). The first-order chi connectivity index (χ1) is 13.3. The van der Waals surface area contributed by atoms with Crippen molar-refractivity contribution in [1.29, 1.82) is 0 Å². The maximum atomic E-state index is 12.0. The molecule has 28 heavy (non-hydrogen) atoms. The average molecular weight is 417 g/mol. The highest BCUT2D eigenvalue weighted by atomic mass is 32.2. The van der Waals surface area contributed by atoms with Gasteiger partial charge in [-0.2, -0.15) is 0 Å². The zero-order valence-electron chi connectivity index (χ0n) is 16.9. The van der Waals surface area contributed by atoms with Crippen molar-refractivity contribution in [2.24, 2.45) is 0 Å². The van der Waals surface area contributed by atoms with Crippen molar-refractivity contribution >= 4 is 35.3 Å². The van der Waals surface area contributed by atoms with Crippen molar-refractivity contribution in [3.63, 3.8) is 0 Å². The van der Waals surface area contributed by atoms with Gasteiger partial charge >= 0.3 is 0 Å². The van der Waals surface area contributed by atoms with Crippen LogP contribution < -0.4 is 10.6 Å². The molecule has 2 aromatic carbocycles. The zero-order chi connectivity index (χ0) is 20.5. The van der Waals surface area contributed by atoms with Gasteiger partial charge in [-0.25, -0.2) is 0 Å². The first kappa shape index (κ1) is 22.4. The van der Waals surface area contributed by atoms with E-state index in [0.717, 1.165) is 9.79 Å². The van der Waals surface area contributed by atoms with Crippen molar-refractivity contribution in [2.45, 2.75) is 37.5 Å². The molecule has 2 N–H and O–H groups in total. The third kappa shape index (κ3) is 7.60. The number of rotatable bonds is 9. The lowest BCUT2D eigenvalue weighted by Gasteiger charge is -2.09. The van der Waals surface area contributed by atoms with E-state index in [-0.39, 0.29) is 11.8 Å². The minimum Gasteiger partial charge on any atom is -0.354 e. The zero-order valence-corrected chi connectivity index (χ0v) is 18.6. The summed E-state index contributed by atoms with van der Waals surface area (Å²) in [5.41, 5.74) is 4.74. The molecule has 0 aliphatic rings. The Kier molecular flexibility index (Phi) is 8.93. The van der Waals surface area contributed by atoms with Crippen LogP contribution in [0.1, 0.15) is 22.3 Å². The molecule has 6 heteroatoms. The summed E-state index contributed by atoms with van der Waals surface area (Å²) in [6.45, 7) is 9.06. The number of carbonyl (C=O) groups is 2. The predicted molar refractivity (Wildman–Crippen MR) is 119 cm³/mol. The topological polar surface area (TPSA) is 58.2 Å². The largest absolute Gasteiger partial charge is 0.354 e. The Hall–Kier alpha value is -1.92. The monoisotopic (exact) mass is 416 g/mol. The van der Waals surface area contributed by atoms with Crippen LogP contribution >= 0.6 is 23.5 Å². The van der Waals surface area contributed by atoms with Crippen LogP contribution in [0.5, 0.6) is 0 Å². The molecule has 0 aromatic heterocycles. The molecule has 0 saturated heterocycles. The first-order valence-electron chi connectivity index (χ1n) is 9.28. The summed E-state index contributed by atoms with van der Waals surface area (Å²) in [6, 6.07) is 12.5. The van der Waals surface area contributed by atoms with Gasteiger partial charge in [0.2, 0.25) is 11.8 Å². The fraction of sp³-hybridized carbons (Fsp3) is 0.364. The minimum absolute atomic E-state index is 0.0232. The first-order valence-corrected chi connectivity index (χ1v) is 11.3. The Labute approximate surface area is 176 Å². The molecule has 0 atom stereocenters. The summed E-state index contributed by atoms with van der Waals surface area (Å²) in [4.78, 5) is 26.2. The summed E-state index contributed by atoms with van der Waals surface area (Å²) in [6.07, 6.45) is 0. The lowest BCUT2D eigenvalue weighted by molar-refractivity contribution is -0.120. The fourth-order valence-electron chi connectivity index (χ4n) is 2.52. The maximum Gasteiger partial charge on any atom is 0.230 e. The van der Waals surface area contributed by atoms with Gasteiger partial charge in [0.15, 0.2) is 0 Å². The quantitative estimate of drug-likeness (QED) is 0.479. The number of carbonyl (C=O) groups excluding carboxylic acids is 2. The van der Waals surface area contributed by atoms with Gasteiger partial charge in [-0.1, -0.05) is 35.4 Å². The van der Waals surface area contributed by atoms with E-state index in [2.05, 4.69) is 47.0 Å². The Morgan fingerprint density at radius 3 is 1.50 bits per heavy atom. The smallest absolute Gasteiger partial charge is 0.230 e. The van der Waals surface area contributed by atoms with Crippen molar-refractivity contribution in [3.05, 3.63) is 58.7 Å². The van der Waals surface area contributed by atoms with Crippen LogP contribution in [0.2, 0.25) is 0 Å². The lowest BCUT2D eigenvalue weighted by atomic mass is 10.2. The summed E-state index contributed by atoms with van der Waals surface area (Å²) in [5.74, 6) is 0.705. The van der Waals surface area contributed by atoms with Crippen LogP contribution in [0.25, 0.3) is 0 Å². The Bertz CT molecular complexity index is 768. The van der Waals surface area contributed by atoms with E-state index < -0.39 is 0 Å². The van der Waals surface area contributed by atoms with Gasteiger partial charge in [-0.05, 0) is 51.0 Å². The van der Waals surface area contributed by atoms with Gasteiger partial charge in [0.05, 0.1) is 11.5 Å². The Morgan fingerprint density at radius 2 is 1.11 bits per heavy atom. The molecule has 0 heterocycles. The van der Waals surface area contributed by atoms with E-state index in [4.69, 9.17) is 0 Å². The second-order valence-electron chi connectivity index (χ2n) is 6.82. The van der Waals surface area contributed by atoms with Crippen LogP contribution in [0.4, 0.5) is 0 Å². The number of benzene rings is 2. The molecule has 150 valence electrons. The van der Waals surface area contributed by atoms with E-state index in [1.807, 2.05) is 27.7 Å². The van der Waals surface area contributed by atoms with Crippen molar-refractivity contribution < 1.29 is 9.59 Å². The van der Waals surface area contributed by atoms with Crippen molar-refractivity contribution in [3.8, 4) is 0 Å². The molecule has 4 nitrogen and oxygen atoms in total. The molecule has 2 aromatic rings. The lowest BCUT2D eigenvalue weighted by Crippen LogP contribution is -2.36. The van der Waals surface area contributed by atoms with Gasteiger partial charge in [0.25, 0.3) is 0 Å². The van der Waals surface area contributed by atoms with Crippen LogP contribution in [0.15, 0.2) is 46.2 Å². The molecule has 0 aliphatic carbocycles. The normalized spacial score (nSPS) is 10.6. The highest BCUT2D eigenvalue weighted by Crippen LogP contribution is 2.24. The average Bonchev–Trinajstić information content (AvgIpc) is 2.66. The Morgan fingerprint density at radius 1 is 0.714 bits per heavy atom. The SMILES string of the molecule is Cc1ccc(C)c(SCC(=O)NCCNC(=O)CSc2cc(C)ccc2C)c1. The molecule has 0 saturated carbocycles. The molecule has 2 amide bonds. The third-order valence-corrected chi connectivity index (χ3v) is 6.49. The van der Waals surface area contributed by atoms with E-state index in [9.17, 15) is 9.59 Å². The minimum atomic E-state index is -0.0232. The molecule has 0 radical (unpaired) electrons. The summed E-state index contributed by atoms with van der Waals surface area (Å²) in [5, 5.41) is 5.70. The van der Waals surface area contributed by atoms with Crippen molar-refractivity contribution in [1.82, 2.24) is 10.6 Å². The van der Waals surface area contributed by atoms with E-state index in [1.54, 1.807) is 0 Å². The van der Waals surface area contributed by atoms with Gasteiger partial charge in [-0.3, -0.25) is 9.59 Å². The number of thioether (sulfide) groups is 2. The van der Waals surface area contributed by atoms with Crippen molar-refractivity contribution in [2.75, 3.05) is 24.6 Å².